The molecule has 0 aromatic rings. The second-order valence-electron chi connectivity index (χ2n) is 6.24. The Hall–Kier alpha value is -0.610. The van der Waals surface area contributed by atoms with Gasteiger partial charge in [-0.15, -0.1) is 0 Å². The van der Waals surface area contributed by atoms with Crippen molar-refractivity contribution in [3.63, 3.8) is 0 Å². The van der Waals surface area contributed by atoms with Crippen LogP contribution < -0.4 is 5.32 Å². The first-order valence-electron chi connectivity index (χ1n) is 7.03. The highest BCUT2D eigenvalue weighted by atomic mass is 16.4. The number of hydrogen-bond donors (Lipinski definition) is 2. The molecule has 1 rings (SSSR count). The second-order valence-corrected chi connectivity index (χ2v) is 6.24. The number of nitrogens with zero attached hydrogens (tertiary/aromatic N) is 1. The average molecular weight is 256 g/mol. The van der Waals surface area contributed by atoms with E-state index in [0.29, 0.717) is 18.6 Å². The smallest absolute Gasteiger partial charge is 0.324 e. The van der Waals surface area contributed by atoms with Crippen LogP contribution in [-0.4, -0.2) is 46.2 Å². The van der Waals surface area contributed by atoms with E-state index in [0.717, 1.165) is 0 Å². The molecule has 0 aromatic heterocycles. The fraction of sp³-hybridized carbons (Fsp3) is 0.929. The van der Waals surface area contributed by atoms with Crippen LogP contribution in [0.1, 0.15) is 53.9 Å². The number of carboxylic acid groups (broad SMARTS) is 1. The zero-order chi connectivity index (χ0) is 13.9. The third-order valence-corrected chi connectivity index (χ3v) is 3.95. The first-order chi connectivity index (χ1) is 8.26. The normalized spacial score (nSPS) is 29.2. The number of hydrogen-bond acceptors (Lipinski definition) is 3. The molecule has 1 heterocycles. The Labute approximate surface area is 111 Å². The maximum Gasteiger partial charge on any atom is 0.324 e. The highest BCUT2D eigenvalue weighted by Crippen LogP contribution is 2.24. The summed E-state index contributed by atoms with van der Waals surface area (Å²) < 4.78 is 0. The lowest BCUT2D eigenvalue weighted by Gasteiger charge is -2.43. The summed E-state index contributed by atoms with van der Waals surface area (Å²) in [7, 11) is 0. The van der Waals surface area contributed by atoms with Crippen LogP contribution in [0, 0.1) is 0 Å². The number of aliphatic carboxylic acids is 1. The maximum absolute atomic E-state index is 11.6. The van der Waals surface area contributed by atoms with Gasteiger partial charge in [-0.2, -0.15) is 0 Å². The van der Waals surface area contributed by atoms with Crippen LogP contribution in [0.15, 0.2) is 0 Å². The third kappa shape index (κ3) is 3.69. The molecular formula is C14H28N2O2. The van der Waals surface area contributed by atoms with Crippen LogP contribution >= 0.6 is 0 Å². The SMILES string of the molecule is CC(C)NC(C)(CN1[C@H](C)CCC[C@@H]1C)C(=O)O. The van der Waals surface area contributed by atoms with Crippen molar-refractivity contribution in [2.45, 2.75) is 77.5 Å². The van der Waals surface area contributed by atoms with Crippen molar-refractivity contribution in [2.24, 2.45) is 0 Å². The van der Waals surface area contributed by atoms with Gasteiger partial charge in [0.2, 0.25) is 0 Å². The molecule has 3 atom stereocenters. The fourth-order valence-electron chi connectivity index (χ4n) is 2.96. The van der Waals surface area contributed by atoms with E-state index in [1.165, 1.54) is 19.3 Å². The van der Waals surface area contributed by atoms with E-state index < -0.39 is 11.5 Å². The zero-order valence-electron chi connectivity index (χ0n) is 12.4. The van der Waals surface area contributed by atoms with Gasteiger partial charge in [-0.3, -0.25) is 15.0 Å². The monoisotopic (exact) mass is 256 g/mol. The molecule has 0 aromatic carbocycles. The highest BCUT2D eigenvalue weighted by molar-refractivity contribution is 5.78. The molecular weight excluding hydrogens is 228 g/mol. The lowest BCUT2D eigenvalue weighted by Crippen LogP contribution is -2.61. The zero-order valence-corrected chi connectivity index (χ0v) is 12.4. The van der Waals surface area contributed by atoms with Crippen molar-refractivity contribution in [3.05, 3.63) is 0 Å². The highest BCUT2D eigenvalue weighted by Gasteiger charge is 2.38. The van der Waals surface area contributed by atoms with Gasteiger partial charge in [-0.05, 0) is 47.5 Å². The summed E-state index contributed by atoms with van der Waals surface area (Å²) in [6.45, 7) is 10.8. The number of carboxylic acids is 1. The van der Waals surface area contributed by atoms with Crippen molar-refractivity contribution >= 4 is 5.97 Å². The maximum atomic E-state index is 11.6. The Bertz CT molecular complexity index is 284. The van der Waals surface area contributed by atoms with Crippen molar-refractivity contribution in [1.29, 1.82) is 0 Å². The first kappa shape index (κ1) is 15.4. The number of rotatable bonds is 5. The van der Waals surface area contributed by atoms with Gasteiger partial charge in [0.05, 0.1) is 0 Å². The molecule has 1 aliphatic heterocycles. The molecule has 0 bridgehead atoms. The summed E-state index contributed by atoms with van der Waals surface area (Å²) in [5.41, 5.74) is -0.867. The molecule has 0 amide bonds. The Balaban J connectivity index is 2.79. The Morgan fingerprint density at radius 2 is 1.89 bits per heavy atom. The molecule has 4 nitrogen and oxygen atoms in total. The van der Waals surface area contributed by atoms with E-state index in [2.05, 4.69) is 24.1 Å². The molecule has 1 saturated heterocycles. The Morgan fingerprint density at radius 3 is 2.28 bits per heavy atom. The van der Waals surface area contributed by atoms with Gasteiger partial charge in [0.15, 0.2) is 0 Å². The summed E-state index contributed by atoms with van der Waals surface area (Å²) in [5, 5.41) is 12.7. The van der Waals surface area contributed by atoms with Gasteiger partial charge >= 0.3 is 5.97 Å². The van der Waals surface area contributed by atoms with Crippen molar-refractivity contribution in [1.82, 2.24) is 10.2 Å². The van der Waals surface area contributed by atoms with Crippen LogP contribution in [0.2, 0.25) is 0 Å². The Morgan fingerprint density at radius 1 is 1.39 bits per heavy atom. The van der Waals surface area contributed by atoms with E-state index in [1.807, 2.05) is 13.8 Å². The molecule has 0 radical (unpaired) electrons. The average Bonchev–Trinajstić information content (AvgIpc) is 2.22. The van der Waals surface area contributed by atoms with Crippen LogP contribution in [0.25, 0.3) is 0 Å². The van der Waals surface area contributed by atoms with Gasteiger partial charge in [-0.1, -0.05) is 6.42 Å². The van der Waals surface area contributed by atoms with E-state index in [1.54, 1.807) is 6.92 Å². The minimum Gasteiger partial charge on any atom is -0.480 e. The minimum absolute atomic E-state index is 0.168. The van der Waals surface area contributed by atoms with Crippen molar-refractivity contribution < 1.29 is 9.90 Å². The fourth-order valence-corrected chi connectivity index (χ4v) is 2.96. The van der Waals surface area contributed by atoms with Crippen LogP contribution in [0.3, 0.4) is 0 Å². The van der Waals surface area contributed by atoms with Crippen molar-refractivity contribution in [2.75, 3.05) is 6.54 Å². The lowest BCUT2D eigenvalue weighted by atomic mass is 9.92. The molecule has 0 saturated carbocycles. The third-order valence-electron chi connectivity index (χ3n) is 3.95. The second kappa shape index (κ2) is 6.02. The summed E-state index contributed by atoms with van der Waals surface area (Å²) in [4.78, 5) is 13.9. The van der Waals surface area contributed by atoms with E-state index >= 15 is 0 Å². The number of carbonyl (C=O) groups is 1. The van der Waals surface area contributed by atoms with Gasteiger partial charge in [-0.25, -0.2) is 0 Å². The van der Waals surface area contributed by atoms with E-state index in [-0.39, 0.29) is 6.04 Å². The largest absolute Gasteiger partial charge is 0.480 e. The standard InChI is InChI=1S/C14H28N2O2/c1-10(2)15-14(5,13(17)18)9-16-11(3)7-6-8-12(16)4/h10-12,15H,6-9H2,1-5H3,(H,17,18)/t11-,12+,14?. The van der Waals surface area contributed by atoms with Crippen LogP contribution in [0.5, 0.6) is 0 Å². The van der Waals surface area contributed by atoms with E-state index in [4.69, 9.17) is 0 Å². The molecule has 4 heteroatoms. The first-order valence-corrected chi connectivity index (χ1v) is 7.03. The van der Waals surface area contributed by atoms with Gasteiger partial charge < -0.3 is 5.11 Å². The summed E-state index contributed by atoms with van der Waals surface area (Å²) in [6, 6.07) is 1.12. The van der Waals surface area contributed by atoms with Gasteiger partial charge in [0.1, 0.15) is 5.54 Å². The Kier molecular flexibility index (Phi) is 5.17. The quantitative estimate of drug-likeness (QED) is 0.791. The topological polar surface area (TPSA) is 52.6 Å². The molecule has 0 spiro atoms. The van der Waals surface area contributed by atoms with Gasteiger partial charge in [0, 0.05) is 24.7 Å². The number of nitrogens with one attached hydrogen (secondary N) is 1. The van der Waals surface area contributed by atoms with Gasteiger partial charge in [0.25, 0.3) is 0 Å². The molecule has 0 aliphatic carbocycles. The molecule has 1 fully saturated rings. The van der Waals surface area contributed by atoms with Crippen molar-refractivity contribution in [3.8, 4) is 0 Å². The molecule has 1 aliphatic rings. The predicted molar refractivity (Wildman–Crippen MR) is 73.8 cm³/mol. The summed E-state index contributed by atoms with van der Waals surface area (Å²) >= 11 is 0. The number of piperidine rings is 1. The lowest BCUT2D eigenvalue weighted by molar-refractivity contribution is -0.146. The van der Waals surface area contributed by atoms with E-state index in [9.17, 15) is 9.90 Å². The molecule has 106 valence electrons. The predicted octanol–water partition coefficient (Wildman–Crippen LogP) is 2.09. The summed E-state index contributed by atoms with van der Waals surface area (Å²) in [6.07, 6.45) is 3.59. The minimum atomic E-state index is -0.867. The molecule has 1 unspecified atom stereocenters. The molecule has 18 heavy (non-hydrogen) atoms. The number of likely N-dealkylation sites (tertiary alicyclic amines) is 1. The van der Waals surface area contributed by atoms with Crippen LogP contribution in [-0.2, 0) is 4.79 Å². The van der Waals surface area contributed by atoms with Crippen LogP contribution in [0.4, 0.5) is 0 Å². The molecule has 2 N–H and O–H groups in total. The summed E-state index contributed by atoms with van der Waals surface area (Å²) in [5.74, 6) is -0.763.